The Morgan fingerprint density at radius 3 is 2.71 bits per heavy atom. The average Bonchev–Trinajstić information content (AvgIpc) is 2.65. The van der Waals surface area contributed by atoms with Crippen molar-refractivity contribution in [2.75, 3.05) is 26.2 Å². The standard InChI is InChI=1S/C8H12N4O2/c1-6-10-11-7(14-6)8(13)12-4-2-9-3-5-12/h9H,2-5H2,1H3. The van der Waals surface area contributed by atoms with Crippen LogP contribution in [0.4, 0.5) is 0 Å². The Hall–Kier alpha value is -1.43. The van der Waals surface area contributed by atoms with E-state index in [-0.39, 0.29) is 11.8 Å². The van der Waals surface area contributed by atoms with E-state index < -0.39 is 0 Å². The molecule has 2 heterocycles. The minimum Gasteiger partial charge on any atom is -0.417 e. The van der Waals surface area contributed by atoms with E-state index in [0.717, 1.165) is 13.1 Å². The lowest BCUT2D eigenvalue weighted by atomic mass is 10.3. The number of nitrogens with zero attached hydrogens (tertiary/aromatic N) is 3. The second kappa shape index (κ2) is 3.75. The van der Waals surface area contributed by atoms with Crippen molar-refractivity contribution in [3.63, 3.8) is 0 Å². The topological polar surface area (TPSA) is 71.3 Å². The highest BCUT2D eigenvalue weighted by molar-refractivity contribution is 5.89. The summed E-state index contributed by atoms with van der Waals surface area (Å²) >= 11 is 0. The first-order chi connectivity index (χ1) is 6.77. The fourth-order valence-corrected chi connectivity index (χ4v) is 1.39. The van der Waals surface area contributed by atoms with Gasteiger partial charge in [0.15, 0.2) is 0 Å². The van der Waals surface area contributed by atoms with Crippen LogP contribution in [-0.4, -0.2) is 47.2 Å². The third-order valence-electron chi connectivity index (χ3n) is 2.11. The summed E-state index contributed by atoms with van der Waals surface area (Å²) in [6.45, 7) is 4.69. The smallest absolute Gasteiger partial charge is 0.311 e. The molecule has 1 amide bonds. The highest BCUT2D eigenvalue weighted by Gasteiger charge is 2.22. The van der Waals surface area contributed by atoms with Gasteiger partial charge in [-0.15, -0.1) is 10.2 Å². The van der Waals surface area contributed by atoms with E-state index in [2.05, 4.69) is 15.5 Å². The van der Waals surface area contributed by atoms with Gasteiger partial charge in [0.1, 0.15) is 0 Å². The number of hydrogen-bond donors (Lipinski definition) is 1. The Balaban J connectivity index is 2.07. The quantitative estimate of drug-likeness (QED) is 0.651. The summed E-state index contributed by atoms with van der Waals surface area (Å²) in [5.41, 5.74) is 0. The molecule has 76 valence electrons. The maximum atomic E-state index is 11.7. The van der Waals surface area contributed by atoms with E-state index >= 15 is 0 Å². The largest absolute Gasteiger partial charge is 0.417 e. The molecule has 6 heteroatoms. The molecule has 0 saturated carbocycles. The number of nitrogens with one attached hydrogen (secondary N) is 1. The molecule has 1 aliphatic heterocycles. The van der Waals surface area contributed by atoms with E-state index in [1.807, 2.05) is 0 Å². The molecule has 0 radical (unpaired) electrons. The lowest BCUT2D eigenvalue weighted by Crippen LogP contribution is -2.46. The number of aryl methyl sites for hydroxylation is 1. The van der Waals surface area contributed by atoms with Crippen molar-refractivity contribution in [1.29, 1.82) is 0 Å². The van der Waals surface area contributed by atoms with Crippen molar-refractivity contribution in [3.05, 3.63) is 11.8 Å². The SMILES string of the molecule is Cc1nnc(C(=O)N2CCNCC2)o1. The minimum atomic E-state index is -0.174. The van der Waals surface area contributed by atoms with Crippen LogP contribution in [0.2, 0.25) is 0 Å². The van der Waals surface area contributed by atoms with Crippen LogP contribution in [0.1, 0.15) is 16.6 Å². The number of carbonyl (C=O) groups is 1. The molecule has 0 spiro atoms. The van der Waals surface area contributed by atoms with Gasteiger partial charge in [-0.3, -0.25) is 4.79 Å². The second-order valence-corrected chi connectivity index (χ2v) is 3.17. The summed E-state index contributed by atoms with van der Waals surface area (Å²) in [4.78, 5) is 13.4. The number of rotatable bonds is 1. The summed E-state index contributed by atoms with van der Waals surface area (Å²) in [7, 11) is 0. The normalized spacial score (nSPS) is 17.1. The van der Waals surface area contributed by atoms with Gasteiger partial charge >= 0.3 is 11.8 Å². The van der Waals surface area contributed by atoms with Gasteiger partial charge in [0.05, 0.1) is 0 Å². The van der Waals surface area contributed by atoms with Crippen LogP contribution in [0.25, 0.3) is 0 Å². The highest BCUT2D eigenvalue weighted by atomic mass is 16.4. The van der Waals surface area contributed by atoms with Crippen LogP contribution < -0.4 is 5.32 Å². The zero-order chi connectivity index (χ0) is 9.97. The average molecular weight is 196 g/mol. The van der Waals surface area contributed by atoms with Crippen LogP contribution in [0.5, 0.6) is 0 Å². The monoisotopic (exact) mass is 196 g/mol. The van der Waals surface area contributed by atoms with Crippen molar-refractivity contribution < 1.29 is 9.21 Å². The second-order valence-electron chi connectivity index (χ2n) is 3.17. The van der Waals surface area contributed by atoms with Crippen molar-refractivity contribution in [1.82, 2.24) is 20.4 Å². The Labute approximate surface area is 81.3 Å². The van der Waals surface area contributed by atoms with Gasteiger partial charge in [-0.1, -0.05) is 0 Å². The van der Waals surface area contributed by atoms with E-state index in [0.29, 0.717) is 19.0 Å². The number of aromatic nitrogens is 2. The maximum absolute atomic E-state index is 11.7. The lowest BCUT2D eigenvalue weighted by Gasteiger charge is -2.25. The van der Waals surface area contributed by atoms with Crippen molar-refractivity contribution in [2.24, 2.45) is 0 Å². The van der Waals surface area contributed by atoms with Crippen LogP contribution in [0.3, 0.4) is 0 Å². The van der Waals surface area contributed by atoms with Gasteiger partial charge in [-0.05, 0) is 0 Å². The molecule has 6 nitrogen and oxygen atoms in total. The van der Waals surface area contributed by atoms with Gasteiger partial charge in [0, 0.05) is 33.1 Å². The lowest BCUT2D eigenvalue weighted by molar-refractivity contribution is 0.0694. The summed E-state index contributed by atoms with van der Waals surface area (Å²) in [5, 5.41) is 10.5. The first-order valence-corrected chi connectivity index (χ1v) is 4.57. The van der Waals surface area contributed by atoms with Gasteiger partial charge in [-0.2, -0.15) is 0 Å². The van der Waals surface area contributed by atoms with Crippen molar-refractivity contribution in [2.45, 2.75) is 6.92 Å². The van der Waals surface area contributed by atoms with E-state index in [9.17, 15) is 4.79 Å². The molecule has 0 unspecified atom stereocenters. The zero-order valence-electron chi connectivity index (χ0n) is 7.99. The number of carbonyl (C=O) groups excluding carboxylic acids is 1. The zero-order valence-corrected chi connectivity index (χ0v) is 7.99. The first-order valence-electron chi connectivity index (χ1n) is 4.57. The van der Waals surface area contributed by atoms with Crippen LogP contribution in [0, 0.1) is 6.92 Å². The summed E-state index contributed by atoms with van der Waals surface area (Å²) < 4.78 is 5.06. The van der Waals surface area contributed by atoms with Gasteiger partial charge in [0.25, 0.3) is 0 Å². The molecule has 0 aromatic carbocycles. The molecular weight excluding hydrogens is 184 g/mol. The molecule has 1 aliphatic rings. The van der Waals surface area contributed by atoms with Crippen LogP contribution in [-0.2, 0) is 0 Å². The number of piperazine rings is 1. The number of hydrogen-bond acceptors (Lipinski definition) is 5. The number of amides is 1. The molecule has 1 aromatic heterocycles. The highest BCUT2D eigenvalue weighted by Crippen LogP contribution is 2.04. The van der Waals surface area contributed by atoms with Crippen LogP contribution in [0.15, 0.2) is 4.42 Å². The summed E-state index contributed by atoms with van der Waals surface area (Å²) in [6.07, 6.45) is 0. The maximum Gasteiger partial charge on any atom is 0.311 e. The van der Waals surface area contributed by atoms with E-state index in [4.69, 9.17) is 4.42 Å². The predicted octanol–water partition coefficient (Wildman–Crippen LogP) is -0.577. The molecule has 1 aromatic rings. The summed E-state index contributed by atoms with van der Waals surface area (Å²) in [6, 6.07) is 0. The van der Waals surface area contributed by atoms with E-state index in [1.165, 1.54) is 0 Å². The fraction of sp³-hybridized carbons (Fsp3) is 0.625. The molecular formula is C8H12N4O2. The molecule has 0 bridgehead atoms. The molecule has 1 fully saturated rings. The molecule has 0 aliphatic carbocycles. The first kappa shape index (κ1) is 9.14. The Kier molecular flexibility index (Phi) is 2.45. The minimum absolute atomic E-state index is 0.0874. The van der Waals surface area contributed by atoms with Crippen molar-refractivity contribution in [3.8, 4) is 0 Å². The van der Waals surface area contributed by atoms with Crippen LogP contribution >= 0.6 is 0 Å². The Morgan fingerprint density at radius 1 is 1.43 bits per heavy atom. The third kappa shape index (κ3) is 1.74. The third-order valence-corrected chi connectivity index (χ3v) is 2.11. The molecule has 1 N–H and O–H groups in total. The van der Waals surface area contributed by atoms with Gasteiger partial charge in [0.2, 0.25) is 5.89 Å². The van der Waals surface area contributed by atoms with Crippen molar-refractivity contribution >= 4 is 5.91 Å². The molecule has 1 saturated heterocycles. The fourth-order valence-electron chi connectivity index (χ4n) is 1.39. The van der Waals surface area contributed by atoms with Gasteiger partial charge in [-0.25, -0.2) is 0 Å². The summed E-state index contributed by atoms with van der Waals surface area (Å²) in [5.74, 6) is 0.333. The van der Waals surface area contributed by atoms with E-state index in [1.54, 1.807) is 11.8 Å². The Morgan fingerprint density at radius 2 is 2.14 bits per heavy atom. The molecule has 2 rings (SSSR count). The molecule has 14 heavy (non-hydrogen) atoms. The molecule has 0 atom stereocenters. The Bertz CT molecular complexity index is 330. The van der Waals surface area contributed by atoms with Gasteiger partial charge < -0.3 is 14.6 Å². The predicted molar refractivity (Wildman–Crippen MR) is 47.8 cm³/mol.